The smallest absolute Gasteiger partial charge is 0.0469 e. The van der Waals surface area contributed by atoms with Gasteiger partial charge in [0.1, 0.15) is 0 Å². The van der Waals surface area contributed by atoms with Crippen LogP contribution in [0, 0.1) is 11.8 Å². The van der Waals surface area contributed by atoms with E-state index < -0.39 is 0 Å². The SMILES string of the molecule is CCC1CCCC1(CN)N(C)CC1CCOCC1. The van der Waals surface area contributed by atoms with Gasteiger partial charge in [0.2, 0.25) is 0 Å². The van der Waals surface area contributed by atoms with Crippen LogP contribution in [0.25, 0.3) is 0 Å². The van der Waals surface area contributed by atoms with E-state index >= 15 is 0 Å². The van der Waals surface area contributed by atoms with Gasteiger partial charge < -0.3 is 10.5 Å². The maximum Gasteiger partial charge on any atom is 0.0469 e. The van der Waals surface area contributed by atoms with Gasteiger partial charge >= 0.3 is 0 Å². The molecule has 0 aromatic rings. The minimum Gasteiger partial charge on any atom is -0.381 e. The second kappa shape index (κ2) is 6.36. The van der Waals surface area contributed by atoms with Gasteiger partial charge in [0.15, 0.2) is 0 Å². The zero-order chi connectivity index (χ0) is 13.0. The van der Waals surface area contributed by atoms with Gasteiger partial charge in [-0.1, -0.05) is 19.8 Å². The lowest BCUT2D eigenvalue weighted by atomic mass is 9.82. The molecule has 0 bridgehead atoms. The third-order valence-electron chi connectivity index (χ3n) is 5.40. The van der Waals surface area contributed by atoms with Gasteiger partial charge in [-0.15, -0.1) is 0 Å². The van der Waals surface area contributed by atoms with Gasteiger partial charge in [-0.2, -0.15) is 0 Å². The van der Waals surface area contributed by atoms with Crippen molar-refractivity contribution in [3.8, 4) is 0 Å². The summed E-state index contributed by atoms with van der Waals surface area (Å²) in [6, 6.07) is 0. The molecular weight excluding hydrogens is 224 g/mol. The van der Waals surface area contributed by atoms with E-state index in [0.717, 1.165) is 31.6 Å². The Hall–Kier alpha value is -0.120. The molecule has 0 aromatic heterocycles. The molecule has 2 N–H and O–H groups in total. The zero-order valence-corrected chi connectivity index (χ0v) is 12.2. The molecular formula is C15H30N2O. The fourth-order valence-electron chi connectivity index (χ4n) is 4.14. The highest BCUT2D eigenvalue weighted by molar-refractivity contribution is 5.00. The van der Waals surface area contributed by atoms with Gasteiger partial charge in [0.25, 0.3) is 0 Å². The van der Waals surface area contributed by atoms with E-state index in [1.54, 1.807) is 0 Å². The number of rotatable bonds is 5. The van der Waals surface area contributed by atoms with Crippen molar-refractivity contribution in [2.45, 2.75) is 51.0 Å². The average molecular weight is 254 g/mol. The number of hydrogen-bond donors (Lipinski definition) is 1. The quantitative estimate of drug-likeness (QED) is 0.818. The fourth-order valence-corrected chi connectivity index (χ4v) is 4.14. The Morgan fingerprint density at radius 1 is 1.28 bits per heavy atom. The van der Waals surface area contributed by atoms with Crippen molar-refractivity contribution in [3.63, 3.8) is 0 Å². The normalized spacial score (nSPS) is 34.3. The summed E-state index contributed by atoms with van der Waals surface area (Å²) in [6.07, 6.45) is 7.74. The van der Waals surface area contributed by atoms with Crippen LogP contribution >= 0.6 is 0 Å². The van der Waals surface area contributed by atoms with E-state index in [0.29, 0.717) is 0 Å². The van der Waals surface area contributed by atoms with Crippen molar-refractivity contribution in [2.75, 3.05) is 33.4 Å². The first-order valence-electron chi connectivity index (χ1n) is 7.72. The molecule has 1 aliphatic carbocycles. The van der Waals surface area contributed by atoms with Crippen molar-refractivity contribution >= 4 is 0 Å². The predicted octanol–water partition coefficient (Wildman–Crippen LogP) is 2.25. The molecule has 0 radical (unpaired) electrons. The first-order valence-corrected chi connectivity index (χ1v) is 7.72. The summed E-state index contributed by atoms with van der Waals surface area (Å²) >= 11 is 0. The summed E-state index contributed by atoms with van der Waals surface area (Å²) in [6.45, 7) is 6.25. The molecule has 1 aliphatic heterocycles. The summed E-state index contributed by atoms with van der Waals surface area (Å²) in [7, 11) is 2.30. The maximum atomic E-state index is 6.17. The van der Waals surface area contributed by atoms with Crippen LogP contribution in [-0.2, 0) is 4.74 Å². The summed E-state index contributed by atoms with van der Waals surface area (Å²) in [5.41, 5.74) is 6.46. The monoisotopic (exact) mass is 254 g/mol. The summed E-state index contributed by atoms with van der Waals surface area (Å²) < 4.78 is 5.46. The van der Waals surface area contributed by atoms with Crippen LogP contribution in [0.2, 0.25) is 0 Å². The number of likely N-dealkylation sites (N-methyl/N-ethyl adjacent to an activating group) is 1. The topological polar surface area (TPSA) is 38.5 Å². The maximum absolute atomic E-state index is 6.17. The van der Waals surface area contributed by atoms with Gasteiger partial charge in [-0.25, -0.2) is 0 Å². The van der Waals surface area contributed by atoms with Crippen LogP contribution in [0.15, 0.2) is 0 Å². The molecule has 0 aromatic carbocycles. The molecule has 1 saturated carbocycles. The molecule has 0 amide bonds. The molecule has 2 aliphatic rings. The zero-order valence-electron chi connectivity index (χ0n) is 12.2. The highest BCUT2D eigenvalue weighted by atomic mass is 16.5. The Morgan fingerprint density at radius 3 is 2.61 bits per heavy atom. The molecule has 2 atom stereocenters. The first-order chi connectivity index (χ1) is 8.73. The third kappa shape index (κ3) is 2.73. The first kappa shape index (κ1) is 14.3. The molecule has 3 heteroatoms. The third-order valence-corrected chi connectivity index (χ3v) is 5.40. The standard InChI is InChI=1S/C15H30N2O/c1-3-14-5-4-8-15(14,12-16)17(2)11-13-6-9-18-10-7-13/h13-14H,3-12,16H2,1-2H3. The van der Waals surface area contributed by atoms with Crippen LogP contribution < -0.4 is 5.73 Å². The van der Waals surface area contributed by atoms with E-state index in [-0.39, 0.29) is 5.54 Å². The Labute approximate surface area is 112 Å². The van der Waals surface area contributed by atoms with Crippen molar-refractivity contribution in [1.82, 2.24) is 4.90 Å². The Morgan fingerprint density at radius 2 is 2.00 bits per heavy atom. The highest BCUT2D eigenvalue weighted by Gasteiger charge is 2.44. The van der Waals surface area contributed by atoms with Crippen molar-refractivity contribution in [2.24, 2.45) is 17.6 Å². The summed E-state index contributed by atoms with van der Waals surface area (Å²) in [4.78, 5) is 2.60. The molecule has 0 spiro atoms. The number of nitrogens with zero attached hydrogens (tertiary/aromatic N) is 1. The lowest BCUT2D eigenvalue weighted by Gasteiger charge is -2.44. The van der Waals surface area contributed by atoms with Gasteiger partial charge in [-0.3, -0.25) is 4.90 Å². The minimum absolute atomic E-state index is 0.285. The van der Waals surface area contributed by atoms with E-state index in [1.807, 2.05) is 0 Å². The van der Waals surface area contributed by atoms with Crippen LogP contribution in [0.3, 0.4) is 0 Å². The average Bonchev–Trinajstić information content (AvgIpc) is 2.84. The van der Waals surface area contributed by atoms with Crippen molar-refractivity contribution in [1.29, 1.82) is 0 Å². The van der Waals surface area contributed by atoms with Crippen molar-refractivity contribution in [3.05, 3.63) is 0 Å². The van der Waals surface area contributed by atoms with Gasteiger partial charge in [0.05, 0.1) is 0 Å². The Balaban J connectivity index is 1.97. The molecule has 1 saturated heterocycles. The van der Waals surface area contributed by atoms with Crippen LogP contribution in [-0.4, -0.2) is 43.8 Å². The molecule has 2 unspecified atom stereocenters. The minimum atomic E-state index is 0.285. The van der Waals surface area contributed by atoms with E-state index in [4.69, 9.17) is 10.5 Å². The lowest BCUT2D eigenvalue weighted by molar-refractivity contribution is 0.0215. The molecule has 2 rings (SSSR count). The predicted molar refractivity (Wildman–Crippen MR) is 75.6 cm³/mol. The van der Waals surface area contributed by atoms with E-state index in [2.05, 4.69) is 18.9 Å². The molecule has 106 valence electrons. The molecule has 1 heterocycles. The molecule has 3 nitrogen and oxygen atoms in total. The van der Waals surface area contributed by atoms with E-state index in [9.17, 15) is 0 Å². The lowest BCUT2D eigenvalue weighted by Crippen LogP contribution is -2.56. The number of nitrogens with two attached hydrogens (primary N) is 1. The van der Waals surface area contributed by atoms with Gasteiger partial charge in [0, 0.05) is 31.8 Å². The highest BCUT2D eigenvalue weighted by Crippen LogP contribution is 2.41. The van der Waals surface area contributed by atoms with E-state index in [1.165, 1.54) is 45.1 Å². The molecule has 18 heavy (non-hydrogen) atoms. The number of hydrogen-bond acceptors (Lipinski definition) is 3. The number of ether oxygens (including phenoxy) is 1. The van der Waals surface area contributed by atoms with Gasteiger partial charge in [-0.05, 0) is 44.6 Å². The summed E-state index contributed by atoms with van der Waals surface area (Å²) in [5.74, 6) is 1.61. The van der Waals surface area contributed by atoms with Crippen LogP contribution in [0.1, 0.15) is 45.4 Å². The fraction of sp³-hybridized carbons (Fsp3) is 1.00. The second-order valence-electron chi connectivity index (χ2n) is 6.24. The second-order valence-corrected chi connectivity index (χ2v) is 6.24. The van der Waals surface area contributed by atoms with Crippen LogP contribution in [0.4, 0.5) is 0 Å². The summed E-state index contributed by atoms with van der Waals surface area (Å²) in [5, 5.41) is 0. The Bertz CT molecular complexity index is 253. The Kier molecular flexibility index (Phi) is 5.05. The largest absolute Gasteiger partial charge is 0.381 e. The van der Waals surface area contributed by atoms with Crippen molar-refractivity contribution < 1.29 is 4.74 Å². The molecule has 2 fully saturated rings. The van der Waals surface area contributed by atoms with Crippen LogP contribution in [0.5, 0.6) is 0 Å².